The number of rotatable bonds is 0. The van der Waals surface area contributed by atoms with E-state index >= 15 is 0 Å². The maximum Gasteiger partial charge on any atom is 0.196 e. The third kappa shape index (κ3) is 5.79. The number of anilines is 2. The van der Waals surface area contributed by atoms with E-state index in [1.807, 2.05) is 4.31 Å². The first-order chi connectivity index (χ1) is 21.1. The lowest BCUT2D eigenvalue weighted by atomic mass is 9.83. The van der Waals surface area contributed by atoms with E-state index < -0.39 is 7.15 Å². The molecule has 0 radical (unpaired) electrons. The van der Waals surface area contributed by atoms with Gasteiger partial charge in [-0.05, 0) is 60.9 Å². The van der Waals surface area contributed by atoms with E-state index in [4.69, 9.17) is 25.1 Å². The molecule has 222 valence electrons. The molecule has 44 heavy (non-hydrogen) atoms. The van der Waals surface area contributed by atoms with Gasteiger partial charge in [-0.3, -0.25) is 23.6 Å². The third-order valence-electron chi connectivity index (χ3n) is 6.75. The third-order valence-corrected chi connectivity index (χ3v) is 6.95. The van der Waals surface area contributed by atoms with Crippen LogP contribution in [0.25, 0.3) is 11.0 Å². The normalized spacial score (nSPS) is 12.1. The molecule has 0 amide bonds. The Bertz CT molecular complexity index is 2080. The number of aromatic nitrogens is 2. The second kappa shape index (κ2) is 14.0. The molecule has 0 unspecified atom stereocenters. The van der Waals surface area contributed by atoms with Crippen LogP contribution in [0, 0.1) is 4.77 Å². The van der Waals surface area contributed by atoms with Crippen molar-refractivity contribution >= 4 is 86.5 Å². The van der Waals surface area contributed by atoms with Gasteiger partial charge in [-0.15, -0.1) is 0 Å². The number of fused-ring (bicyclic) bond motifs is 6. The molecule has 4 aromatic carbocycles. The maximum atomic E-state index is 12.7. The quantitative estimate of drug-likeness (QED) is 0.102. The Balaban J connectivity index is 0.000000206. The molecule has 0 saturated carbocycles. The van der Waals surface area contributed by atoms with Gasteiger partial charge in [0.05, 0.1) is 42.1 Å². The van der Waals surface area contributed by atoms with E-state index in [-0.39, 0.29) is 41.8 Å². The molecule has 12 heteroatoms. The second-order valence-corrected chi connectivity index (χ2v) is 10.0. The molecule has 0 saturated heterocycles. The van der Waals surface area contributed by atoms with Crippen LogP contribution >= 0.6 is 36.7 Å². The summed E-state index contributed by atoms with van der Waals surface area (Å²) in [6, 6.07) is 20.1. The van der Waals surface area contributed by atoms with Crippen molar-refractivity contribution in [3.63, 3.8) is 0 Å². The summed E-state index contributed by atoms with van der Waals surface area (Å²) in [7, 11) is -1.00. The number of nitrogen functional groups attached to an aromatic ring is 2. The van der Waals surface area contributed by atoms with Gasteiger partial charge in [-0.2, -0.15) is 0 Å². The van der Waals surface area contributed by atoms with E-state index in [0.717, 1.165) is 5.52 Å². The van der Waals surface area contributed by atoms with Crippen molar-refractivity contribution < 1.29 is 24.9 Å². The Kier molecular flexibility index (Phi) is 10.1. The molecule has 7 rings (SSSR count). The van der Waals surface area contributed by atoms with Crippen LogP contribution in [0.1, 0.15) is 72.5 Å². The van der Waals surface area contributed by atoms with Gasteiger partial charge in [0, 0.05) is 37.7 Å². The van der Waals surface area contributed by atoms with Crippen LogP contribution in [-0.4, -0.2) is 44.6 Å². The second-order valence-electron chi connectivity index (χ2n) is 8.97. The number of aromatic amines is 2. The average Bonchev–Trinajstić information content (AvgIpc) is 3.41. The highest BCUT2D eigenvalue weighted by Gasteiger charge is 2.32. The molecule has 0 spiro atoms. The molecular weight excluding hydrogens is 620 g/mol. The predicted octanol–water partition coefficient (Wildman–Crippen LogP) is 6.87. The monoisotopic (exact) mass is 645 g/mol. The number of hydrogen-bond acceptors (Lipinski definition) is 9. The van der Waals surface area contributed by atoms with E-state index in [9.17, 15) is 23.6 Å². The SMILES string of the molecule is C.Nc1ccc2c(c1N)C(=O)c1ccccc1C2=O.O=C1c2ccccc2C(=O)c2c1ccc1[nH]c(=S)[nH]c21.S=C=S.[2H]CF. The Morgan fingerprint density at radius 2 is 1.09 bits per heavy atom. The number of benzene rings is 4. The maximum absolute atomic E-state index is 12.7. The van der Waals surface area contributed by atoms with Crippen LogP contribution in [0.3, 0.4) is 0 Å². The van der Waals surface area contributed by atoms with Crippen molar-refractivity contribution in [2.45, 2.75) is 7.43 Å². The van der Waals surface area contributed by atoms with Crippen LogP contribution in [0.15, 0.2) is 72.8 Å². The molecule has 0 fully saturated rings. The van der Waals surface area contributed by atoms with E-state index in [2.05, 4.69) is 34.4 Å². The van der Waals surface area contributed by atoms with Gasteiger partial charge < -0.3 is 21.4 Å². The zero-order valence-corrected chi connectivity index (χ0v) is 24.5. The van der Waals surface area contributed by atoms with Crippen LogP contribution in [0.2, 0.25) is 0 Å². The van der Waals surface area contributed by atoms with Gasteiger partial charge in [0.15, 0.2) is 27.9 Å². The molecule has 0 atom stereocenters. The summed E-state index contributed by atoms with van der Waals surface area (Å²) in [6.07, 6.45) is 0. The topological polar surface area (TPSA) is 152 Å². The summed E-state index contributed by atoms with van der Waals surface area (Å²) < 4.78 is 17.9. The molecule has 0 bridgehead atoms. The summed E-state index contributed by atoms with van der Waals surface area (Å²) in [5, 5.41) is 0. The fourth-order valence-corrected chi connectivity index (χ4v) is 5.13. The average molecular weight is 646 g/mol. The first kappa shape index (κ1) is 31.9. The molecule has 2 aliphatic carbocycles. The summed E-state index contributed by atoms with van der Waals surface area (Å²) in [4.78, 5) is 55.7. The van der Waals surface area contributed by atoms with Gasteiger partial charge in [-0.1, -0.05) is 56.0 Å². The van der Waals surface area contributed by atoms with Crippen molar-refractivity contribution in [3.8, 4) is 0 Å². The fourth-order valence-electron chi connectivity index (χ4n) is 4.92. The molecule has 6 N–H and O–H groups in total. The zero-order chi connectivity index (χ0) is 32.1. The lowest BCUT2D eigenvalue weighted by molar-refractivity contribution is 0.0980. The summed E-state index contributed by atoms with van der Waals surface area (Å²) in [5.41, 5.74) is 16.4. The fraction of sp³-hybridized carbons (Fsp3) is 0.0625. The Morgan fingerprint density at radius 3 is 1.59 bits per heavy atom. The molecule has 1 aromatic heterocycles. The number of hydrogen-bond donors (Lipinski definition) is 4. The van der Waals surface area contributed by atoms with E-state index in [1.54, 1.807) is 72.8 Å². The minimum absolute atomic E-state index is 0. The lowest BCUT2D eigenvalue weighted by Crippen LogP contribution is -2.22. The van der Waals surface area contributed by atoms with Crippen LogP contribution in [0.4, 0.5) is 15.8 Å². The molecule has 2 aliphatic rings. The number of carbonyl (C=O) groups is 4. The highest BCUT2D eigenvalue weighted by atomic mass is 32.1. The minimum Gasteiger partial charge on any atom is -0.397 e. The molecule has 1 heterocycles. The van der Waals surface area contributed by atoms with Crippen molar-refractivity contribution in [2.75, 3.05) is 18.6 Å². The van der Waals surface area contributed by atoms with E-state index in [0.29, 0.717) is 54.9 Å². The molecule has 0 aliphatic heterocycles. The highest BCUT2D eigenvalue weighted by Crippen LogP contribution is 2.34. The number of H-pyrrole nitrogens is 2. The lowest BCUT2D eigenvalue weighted by Gasteiger charge is -2.19. The van der Waals surface area contributed by atoms with Gasteiger partial charge in [0.2, 0.25) is 0 Å². The largest absolute Gasteiger partial charge is 0.397 e. The van der Waals surface area contributed by atoms with Crippen molar-refractivity contribution in [1.29, 1.82) is 0 Å². The summed E-state index contributed by atoms with van der Waals surface area (Å²) in [6.45, 7) is 0. The standard InChI is InChI=1S/C15H8N2O2S.C14H10N2O2.CH3F.CS2.CH4/c18-13-7-3-1-2-4-8(7)14(19)11-9(13)5-6-10-12(11)17-15(20)16-10;15-10-6-5-9-11(12(10)16)14(18)8-4-2-1-3-7(8)13(9)17;1-2;2-1-3;/h1-6H,(H2,16,17,20);1-6H,15-16H2;1H3;;1H4/i;;1D;;. The smallest absolute Gasteiger partial charge is 0.196 e. The van der Waals surface area contributed by atoms with Gasteiger partial charge >= 0.3 is 0 Å². The molecule has 8 nitrogen and oxygen atoms in total. The number of thiocarbonyl (C=S) groups is 2. The number of nitrogens with two attached hydrogens (primary N) is 2. The Hall–Kier alpha value is -5.00. The van der Waals surface area contributed by atoms with Crippen LogP contribution < -0.4 is 11.5 Å². The van der Waals surface area contributed by atoms with Crippen LogP contribution in [0.5, 0.6) is 0 Å². The summed E-state index contributed by atoms with van der Waals surface area (Å²) in [5.74, 6) is -0.708. The Morgan fingerprint density at radius 1 is 0.682 bits per heavy atom. The number of halogens is 1. The number of alkyl halides is 1. The van der Waals surface area contributed by atoms with Crippen LogP contribution in [-0.2, 0) is 0 Å². The minimum atomic E-state index is -1.00. The molecule has 5 aromatic rings. The van der Waals surface area contributed by atoms with Gasteiger partial charge in [0.25, 0.3) is 0 Å². The number of nitrogens with one attached hydrogen (secondary N) is 2. The summed E-state index contributed by atoms with van der Waals surface area (Å²) >= 11 is 13.0. The van der Waals surface area contributed by atoms with Gasteiger partial charge in [0.1, 0.15) is 0 Å². The first-order valence-corrected chi connectivity index (χ1v) is 13.5. The number of ketones is 4. The number of imidazole rings is 1. The number of carbonyl (C=O) groups excluding carboxylic acids is 4. The Labute approximate surface area is 268 Å². The predicted molar refractivity (Wildman–Crippen MR) is 179 cm³/mol. The van der Waals surface area contributed by atoms with Crippen molar-refractivity contribution in [3.05, 3.63) is 122 Å². The van der Waals surface area contributed by atoms with E-state index in [1.165, 1.54) is 0 Å². The van der Waals surface area contributed by atoms with Crippen molar-refractivity contribution in [1.82, 2.24) is 9.97 Å². The first-order valence-electron chi connectivity index (χ1n) is 13.0. The molecular formula is C32H25FN4O4S3. The zero-order valence-electron chi connectivity index (χ0n) is 23.0. The van der Waals surface area contributed by atoms with Crippen molar-refractivity contribution in [2.24, 2.45) is 0 Å². The van der Waals surface area contributed by atoms with Gasteiger partial charge in [-0.25, -0.2) is 0 Å². The highest BCUT2D eigenvalue weighted by molar-refractivity contribution is 7.93.